The maximum atomic E-state index is 13.2. The molecule has 0 aliphatic rings. The number of nitrogens with two attached hydrogens (primary N) is 4. The summed E-state index contributed by atoms with van der Waals surface area (Å²) in [4.78, 5) is 51.2. The Kier molecular flexibility index (Phi) is 11.7. The molecule has 0 aliphatic carbocycles. The van der Waals surface area contributed by atoms with Crippen LogP contribution in [0.3, 0.4) is 0 Å². The molecule has 10 nitrogen and oxygen atoms in total. The second-order valence-electron chi connectivity index (χ2n) is 9.86. The van der Waals surface area contributed by atoms with Crippen molar-refractivity contribution in [2.75, 3.05) is 6.54 Å². The Morgan fingerprint density at radius 1 is 0.732 bits per heavy atom. The number of amides is 3. The number of hydrogen-bond donors (Lipinski definition) is 6. The lowest BCUT2D eigenvalue weighted by molar-refractivity contribution is -0.132. The molecule has 0 spiro atoms. The molecular weight excluding hydrogens is 520 g/mol. The fourth-order valence-corrected chi connectivity index (χ4v) is 4.44. The number of benzene rings is 3. The van der Waals surface area contributed by atoms with Gasteiger partial charge in [-0.3, -0.25) is 19.2 Å². The van der Waals surface area contributed by atoms with Crippen LogP contribution >= 0.6 is 0 Å². The van der Waals surface area contributed by atoms with Crippen LogP contribution in [0.15, 0.2) is 84.9 Å². The molecule has 3 aromatic carbocycles. The first-order valence-corrected chi connectivity index (χ1v) is 13.6. The van der Waals surface area contributed by atoms with E-state index in [1.165, 1.54) is 0 Å². The van der Waals surface area contributed by atoms with Gasteiger partial charge in [0.1, 0.15) is 12.1 Å². The normalized spacial score (nSPS) is 13.8. The number of ketones is 1. The number of carbonyl (C=O) groups excluding carboxylic acids is 4. The third-order valence-corrected chi connectivity index (χ3v) is 6.73. The number of hydrogen-bond acceptors (Lipinski definition) is 7. The highest BCUT2D eigenvalue weighted by Gasteiger charge is 2.28. The molecule has 10 heteroatoms. The predicted molar refractivity (Wildman–Crippen MR) is 157 cm³/mol. The molecular formula is C31H38N6O4. The van der Waals surface area contributed by atoms with Gasteiger partial charge in [0.15, 0.2) is 5.78 Å². The van der Waals surface area contributed by atoms with Gasteiger partial charge in [-0.1, -0.05) is 84.9 Å². The Hall–Kier alpha value is -4.38. The van der Waals surface area contributed by atoms with Gasteiger partial charge in [0, 0.05) is 5.56 Å². The van der Waals surface area contributed by atoms with Crippen LogP contribution in [0.5, 0.6) is 0 Å². The van der Waals surface area contributed by atoms with Crippen LogP contribution in [0.1, 0.15) is 58.4 Å². The van der Waals surface area contributed by atoms with E-state index in [0.29, 0.717) is 48.1 Å². The second kappa shape index (κ2) is 15.4. The lowest BCUT2D eigenvalue weighted by Gasteiger charge is -2.23. The van der Waals surface area contributed by atoms with Crippen molar-refractivity contribution in [1.82, 2.24) is 10.6 Å². The first kappa shape index (κ1) is 31.2. The van der Waals surface area contributed by atoms with Crippen LogP contribution in [-0.2, 0) is 20.8 Å². The molecule has 0 aromatic heterocycles. The Morgan fingerprint density at radius 3 is 2.00 bits per heavy atom. The van der Waals surface area contributed by atoms with E-state index in [1.807, 2.05) is 6.07 Å². The number of nitrogens with one attached hydrogen (secondary N) is 2. The van der Waals surface area contributed by atoms with Crippen LogP contribution in [0, 0.1) is 0 Å². The summed E-state index contributed by atoms with van der Waals surface area (Å²) in [6.07, 6.45) is 1.68. The third-order valence-electron chi connectivity index (χ3n) is 6.73. The zero-order chi connectivity index (χ0) is 29.8. The van der Waals surface area contributed by atoms with Gasteiger partial charge in [0.25, 0.3) is 0 Å². The van der Waals surface area contributed by atoms with Crippen LogP contribution in [0.4, 0.5) is 0 Å². The van der Waals surface area contributed by atoms with E-state index in [4.69, 9.17) is 22.9 Å². The van der Waals surface area contributed by atoms with Crippen molar-refractivity contribution >= 4 is 23.5 Å². The number of primary amides is 1. The van der Waals surface area contributed by atoms with E-state index in [1.54, 1.807) is 78.9 Å². The molecule has 0 fully saturated rings. The summed E-state index contributed by atoms with van der Waals surface area (Å²) >= 11 is 0. The number of carbonyl (C=O) groups is 4. The van der Waals surface area contributed by atoms with E-state index in [0.717, 1.165) is 0 Å². The molecule has 3 amide bonds. The fourth-order valence-electron chi connectivity index (χ4n) is 4.44. The van der Waals surface area contributed by atoms with Gasteiger partial charge in [-0.25, -0.2) is 0 Å². The quantitative estimate of drug-likeness (QED) is 0.120. The zero-order valence-electron chi connectivity index (χ0n) is 22.9. The van der Waals surface area contributed by atoms with E-state index < -0.39 is 41.9 Å². The van der Waals surface area contributed by atoms with Crippen LogP contribution in [-0.4, -0.2) is 42.1 Å². The van der Waals surface area contributed by atoms with Gasteiger partial charge >= 0.3 is 0 Å². The molecule has 0 saturated carbocycles. The average molecular weight is 559 g/mol. The zero-order valence-corrected chi connectivity index (χ0v) is 22.9. The summed E-state index contributed by atoms with van der Waals surface area (Å²) in [5, 5.41) is 5.37. The molecule has 1 unspecified atom stereocenters. The van der Waals surface area contributed by atoms with Gasteiger partial charge < -0.3 is 33.6 Å². The molecule has 4 atom stereocenters. The topological polar surface area (TPSA) is 196 Å². The van der Waals surface area contributed by atoms with Crippen molar-refractivity contribution in [3.05, 3.63) is 107 Å². The summed E-state index contributed by atoms with van der Waals surface area (Å²) < 4.78 is 0. The average Bonchev–Trinajstić information content (AvgIpc) is 2.99. The van der Waals surface area contributed by atoms with E-state index in [9.17, 15) is 19.2 Å². The largest absolute Gasteiger partial charge is 0.368 e. The molecule has 0 aliphatic heterocycles. The summed E-state index contributed by atoms with van der Waals surface area (Å²) in [5.41, 5.74) is 26.0. The van der Waals surface area contributed by atoms with Crippen LogP contribution in [0.2, 0.25) is 0 Å². The Bertz CT molecular complexity index is 1320. The first-order chi connectivity index (χ1) is 19.7. The van der Waals surface area contributed by atoms with E-state index in [2.05, 4.69) is 10.6 Å². The monoisotopic (exact) mass is 558 g/mol. The highest BCUT2D eigenvalue weighted by atomic mass is 16.2. The Balaban J connectivity index is 1.68. The van der Waals surface area contributed by atoms with Gasteiger partial charge in [-0.2, -0.15) is 0 Å². The van der Waals surface area contributed by atoms with Crippen molar-refractivity contribution in [1.29, 1.82) is 0 Å². The smallest absolute Gasteiger partial charge is 0.244 e. The summed E-state index contributed by atoms with van der Waals surface area (Å²) in [5.74, 6) is -2.04. The van der Waals surface area contributed by atoms with Gasteiger partial charge in [-0.15, -0.1) is 0 Å². The summed E-state index contributed by atoms with van der Waals surface area (Å²) in [6.45, 7) is 0.432. The van der Waals surface area contributed by atoms with Crippen molar-refractivity contribution in [3.8, 4) is 0 Å². The molecule has 0 saturated heterocycles. The number of Topliss-reactive ketones (excluding diaryl/α,β-unsaturated/α-hetero) is 1. The highest BCUT2D eigenvalue weighted by molar-refractivity contribution is 6.00. The highest BCUT2D eigenvalue weighted by Crippen LogP contribution is 2.19. The van der Waals surface area contributed by atoms with Crippen molar-refractivity contribution in [2.45, 2.75) is 49.9 Å². The van der Waals surface area contributed by atoms with Crippen LogP contribution in [0.25, 0.3) is 0 Å². The minimum Gasteiger partial charge on any atom is -0.368 e. The fraction of sp³-hybridized carbons (Fsp3) is 0.290. The predicted octanol–water partition coefficient (Wildman–Crippen LogP) is 1.40. The molecule has 3 aromatic rings. The third kappa shape index (κ3) is 9.07. The maximum absolute atomic E-state index is 13.2. The van der Waals surface area contributed by atoms with Crippen LogP contribution < -0.4 is 33.6 Å². The first-order valence-electron chi connectivity index (χ1n) is 13.6. The van der Waals surface area contributed by atoms with Gasteiger partial charge in [0.2, 0.25) is 17.7 Å². The lowest BCUT2D eigenvalue weighted by Crippen LogP contribution is -2.53. The summed E-state index contributed by atoms with van der Waals surface area (Å²) in [6, 6.07) is 20.6. The van der Waals surface area contributed by atoms with Gasteiger partial charge in [-0.05, 0) is 48.9 Å². The lowest BCUT2D eigenvalue weighted by atomic mass is 9.95. The Morgan fingerprint density at radius 2 is 1.37 bits per heavy atom. The second-order valence-corrected chi connectivity index (χ2v) is 9.86. The Labute approximate surface area is 239 Å². The molecule has 0 radical (unpaired) electrons. The number of unbranched alkanes of at least 4 members (excludes halogenated alkanes) is 1. The maximum Gasteiger partial charge on any atom is 0.244 e. The van der Waals surface area contributed by atoms with Crippen molar-refractivity contribution in [2.24, 2.45) is 22.9 Å². The van der Waals surface area contributed by atoms with Crippen molar-refractivity contribution in [3.63, 3.8) is 0 Å². The molecule has 216 valence electrons. The molecule has 0 heterocycles. The molecule has 41 heavy (non-hydrogen) atoms. The molecule has 0 bridgehead atoms. The minimum absolute atomic E-state index is 0.150. The van der Waals surface area contributed by atoms with E-state index >= 15 is 0 Å². The van der Waals surface area contributed by atoms with Gasteiger partial charge in [0.05, 0.1) is 12.1 Å². The number of rotatable bonds is 15. The molecule has 3 rings (SSSR count). The van der Waals surface area contributed by atoms with Crippen molar-refractivity contribution < 1.29 is 19.2 Å². The standard InChI is InChI=1S/C31H38N6O4/c32-17-8-7-16-25(31(41)37-27(29(35)39)21-11-3-1-4-12-21)36-30(40)24(33)19-20-10-9-15-23(18-20)26(34)28(38)22-13-5-2-6-14-22/h1-6,9-15,18,24-27H,7-8,16-17,19,32-34H2,(H2,35,39)(H,36,40)(H,37,41)/t24-,25-,26?,27-/m0/s1. The summed E-state index contributed by atoms with van der Waals surface area (Å²) in [7, 11) is 0. The SMILES string of the molecule is NCCCC[C@H](NC(=O)[C@@H](N)Cc1cccc(C(N)C(=O)c2ccccc2)c1)C(=O)N[C@H](C(N)=O)c1ccccc1. The van der Waals surface area contributed by atoms with E-state index in [-0.39, 0.29) is 12.2 Å². The minimum atomic E-state index is -1.06. The molecule has 10 N–H and O–H groups in total.